The van der Waals surface area contributed by atoms with Crippen LogP contribution in [0.15, 0.2) is 94.8 Å². The summed E-state index contributed by atoms with van der Waals surface area (Å²) < 4.78 is 12.2. The van der Waals surface area contributed by atoms with Crippen LogP contribution in [0, 0.1) is 3.57 Å². The lowest BCUT2D eigenvalue weighted by atomic mass is 10.1. The summed E-state index contributed by atoms with van der Waals surface area (Å²) in [5, 5.41) is 5.80. The highest BCUT2D eigenvalue weighted by molar-refractivity contribution is 14.1. The summed E-state index contributed by atoms with van der Waals surface area (Å²) in [6.07, 6.45) is 1.87. The van der Waals surface area contributed by atoms with Crippen LogP contribution in [0.2, 0.25) is 0 Å². The SMILES string of the molecule is COc1ccc(N=C2NC(=O)/C(=C\c3ccc(OCc4ccc5ccccc5c4)c(I)c3)S2)cc1. The third-order valence-electron chi connectivity index (χ3n) is 5.42. The molecule has 5 rings (SSSR count). The van der Waals surface area contributed by atoms with Gasteiger partial charge in [-0.3, -0.25) is 4.79 Å². The Morgan fingerprint density at radius 3 is 2.54 bits per heavy atom. The van der Waals surface area contributed by atoms with E-state index in [1.807, 2.05) is 60.7 Å². The van der Waals surface area contributed by atoms with E-state index in [0.717, 1.165) is 31.9 Å². The van der Waals surface area contributed by atoms with Crippen LogP contribution in [0.3, 0.4) is 0 Å². The van der Waals surface area contributed by atoms with Crippen molar-refractivity contribution in [3.63, 3.8) is 0 Å². The molecule has 1 saturated heterocycles. The van der Waals surface area contributed by atoms with E-state index in [2.05, 4.69) is 63.2 Å². The molecule has 0 bridgehead atoms. The minimum atomic E-state index is -0.158. The van der Waals surface area contributed by atoms with E-state index in [9.17, 15) is 4.79 Å². The lowest BCUT2D eigenvalue weighted by molar-refractivity contribution is -0.115. The summed E-state index contributed by atoms with van der Waals surface area (Å²) in [5.41, 5.74) is 2.79. The molecule has 1 heterocycles. The Hall–Kier alpha value is -3.30. The number of carbonyl (C=O) groups excluding carboxylic acids is 1. The number of fused-ring (bicyclic) bond motifs is 1. The number of carbonyl (C=O) groups is 1. The Morgan fingerprint density at radius 2 is 1.77 bits per heavy atom. The predicted molar refractivity (Wildman–Crippen MR) is 151 cm³/mol. The third kappa shape index (κ3) is 5.68. The van der Waals surface area contributed by atoms with Crippen molar-refractivity contribution in [3.8, 4) is 11.5 Å². The fourth-order valence-corrected chi connectivity index (χ4v) is 5.16. The maximum Gasteiger partial charge on any atom is 0.264 e. The van der Waals surface area contributed by atoms with Gasteiger partial charge < -0.3 is 14.8 Å². The van der Waals surface area contributed by atoms with Gasteiger partial charge in [-0.1, -0.05) is 42.5 Å². The van der Waals surface area contributed by atoms with Crippen LogP contribution in [0.5, 0.6) is 11.5 Å². The number of ether oxygens (including phenoxy) is 2. The summed E-state index contributed by atoms with van der Waals surface area (Å²) in [6.45, 7) is 0.491. The number of thioether (sulfide) groups is 1. The Balaban J connectivity index is 1.26. The van der Waals surface area contributed by atoms with Crippen molar-refractivity contribution in [2.45, 2.75) is 6.61 Å². The second kappa shape index (κ2) is 10.5. The Kier molecular flexibility index (Phi) is 7.06. The molecular formula is C28H21IN2O3S. The fraction of sp³-hybridized carbons (Fsp3) is 0.0714. The van der Waals surface area contributed by atoms with E-state index < -0.39 is 0 Å². The number of nitrogens with one attached hydrogen (secondary N) is 1. The van der Waals surface area contributed by atoms with Gasteiger partial charge in [0.2, 0.25) is 0 Å². The summed E-state index contributed by atoms with van der Waals surface area (Å²) in [7, 11) is 1.62. The van der Waals surface area contributed by atoms with Gasteiger partial charge in [-0.25, -0.2) is 4.99 Å². The maximum absolute atomic E-state index is 12.5. The van der Waals surface area contributed by atoms with Gasteiger partial charge in [-0.05, 0) is 105 Å². The lowest BCUT2D eigenvalue weighted by Gasteiger charge is -2.10. The van der Waals surface area contributed by atoms with Crippen LogP contribution in [-0.4, -0.2) is 18.2 Å². The molecule has 35 heavy (non-hydrogen) atoms. The van der Waals surface area contributed by atoms with Crippen molar-refractivity contribution in [2.75, 3.05) is 7.11 Å². The molecule has 0 aliphatic carbocycles. The van der Waals surface area contributed by atoms with Crippen molar-refractivity contribution >= 4 is 68.0 Å². The Morgan fingerprint density at radius 1 is 0.971 bits per heavy atom. The van der Waals surface area contributed by atoms with Crippen molar-refractivity contribution in [3.05, 3.63) is 105 Å². The summed E-state index contributed by atoms with van der Waals surface area (Å²) in [5.74, 6) is 1.41. The first-order chi connectivity index (χ1) is 17.1. The molecule has 0 saturated carbocycles. The molecule has 1 amide bonds. The smallest absolute Gasteiger partial charge is 0.264 e. The molecule has 7 heteroatoms. The van der Waals surface area contributed by atoms with E-state index in [1.165, 1.54) is 22.5 Å². The molecule has 174 valence electrons. The summed E-state index contributed by atoms with van der Waals surface area (Å²) >= 11 is 3.59. The Labute approximate surface area is 221 Å². The lowest BCUT2D eigenvalue weighted by Crippen LogP contribution is -2.19. The molecular weight excluding hydrogens is 571 g/mol. The molecule has 0 aromatic heterocycles. The van der Waals surface area contributed by atoms with Gasteiger partial charge in [0.1, 0.15) is 18.1 Å². The van der Waals surface area contributed by atoms with E-state index >= 15 is 0 Å². The van der Waals surface area contributed by atoms with Gasteiger partial charge in [0.25, 0.3) is 5.91 Å². The zero-order valence-corrected chi connectivity index (χ0v) is 21.8. The van der Waals surface area contributed by atoms with Crippen LogP contribution < -0.4 is 14.8 Å². The van der Waals surface area contributed by atoms with Crippen LogP contribution >= 0.6 is 34.4 Å². The zero-order chi connectivity index (χ0) is 24.2. The fourth-order valence-electron chi connectivity index (χ4n) is 3.62. The molecule has 0 atom stereocenters. The number of aliphatic imine (C=N–C) groups is 1. The molecule has 4 aromatic rings. The van der Waals surface area contributed by atoms with E-state index in [1.54, 1.807) is 7.11 Å². The maximum atomic E-state index is 12.5. The van der Waals surface area contributed by atoms with Gasteiger partial charge >= 0.3 is 0 Å². The highest BCUT2D eigenvalue weighted by atomic mass is 127. The van der Waals surface area contributed by atoms with Crippen LogP contribution in [0.4, 0.5) is 5.69 Å². The van der Waals surface area contributed by atoms with Crippen molar-refractivity contribution in [1.82, 2.24) is 5.32 Å². The summed E-state index contributed by atoms with van der Waals surface area (Å²) in [6, 6.07) is 27.9. The number of hydrogen-bond donors (Lipinski definition) is 1. The third-order valence-corrected chi connectivity index (χ3v) is 7.17. The first-order valence-electron chi connectivity index (χ1n) is 10.9. The predicted octanol–water partition coefficient (Wildman–Crippen LogP) is 6.92. The number of methoxy groups -OCH3 is 1. The second-order valence-electron chi connectivity index (χ2n) is 7.84. The Bertz CT molecular complexity index is 1470. The number of halogens is 1. The molecule has 0 spiro atoms. The average molecular weight is 592 g/mol. The van der Waals surface area contributed by atoms with Crippen LogP contribution in [-0.2, 0) is 11.4 Å². The molecule has 1 aliphatic rings. The van der Waals surface area contributed by atoms with Crippen LogP contribution in [0.1, 0.15) is 11.1 Å². The van der Waals surface area contributed by atoms with E-state index in [0.29, 0.717) is 16.7 Å². The number of amidine groups is 1. The minimum absolute atomic E-state index is 0.158. The van der Waals surface area contributed by atoms with Crippen LogP contribution in [0.25, 0.3) is 16.8 Å². The quantitative estimate of drug-likeness (QED) is 0.195. The molecule has 0 unspecified atom stereocenters. The van der Waals surface area contributed by atoms with E-state index in [-0.39, 0.29) is 5.91 Å². The molecule has 1 fully saturated rings. The highest BCUT2D eigenvalue weighted by Crippen LogP contribution is 2.30. The summed E-state index contributed by atoms with van der Waals surface area (Å²) in [4.78, 5) is 17.6. The van der Waals surface area contributed by atoms with Crippen molar-refractivity contribution in [2.24, 2.45) is 4.99 Å². The van der Waals surface area contributed by atoms with Gasteiger partial charge in [0, 0.05) is 0 Å². The minimum Gasteiger partial charge on any atom is -0.497 e. The van der Waals surface area contributed by atoms with Crippen molar-refractivity contribution < 1.29 is 14.3 Å². The first-order valence-corrected chi connectivity index (χ1v) is 12.8. The largest absolute Gasteiger partial charge is 0.497 e. The first kappa shape index (κ1) is 23.4. The average Bonchev–Trinajstić information content (AvgIpc) is 3.22. The monoisotopic (exact) mass is 592 g/mol. The molecule has 4 aromatic carbocycles. The van der Waals surface area contributed by atoms with Gasteiger partial charge in [-0.15, -0.1) is 0 Å². The molecule has 5 nitrogen and oxygen atoms in total. The number of benzene rings is 4. The number of amides is 1. The topological polar surface area (TPSA) is 59.9 Å². The number of nitrogens with zero attached hydrogens (tertiary/aromatic N) is 1. The van der Waals surface area contributed by atoms with Gasteiger partial charge in [0.05, 0.1) is 21.3 Å². The molecule has 0 radical (unpaired) electrons. The molecule has 1 aliphatic heterocycles. The zero-order valence-electron chi connectivity index (χ0n) is 18.8. The number of hydrogen-bond acceptors (Lipinski definition) is 5. The highest BCUT2D eigenvalue weighted by Gasteiger charge is 2.24. The standard InChI is InChI=1S/C28H21IN2O3S/c1-33-23-11-9-22(10-12-23)30-28-31-27(32)26(35-28)16-18-7-13-25(24(29)15-18)34-17-19-6-8-20-4-2-3-5-21(20)14-19/h2-16H,17H2,1H3,(H,30,31,32)/b26-16+. The van der Waals surface area contributed by atoms with Gasteiger partial charge in [-0.2, -0.15) is 0 Å². The molecule has 1 N–H and O–H groups in total. The van der Waals surface area contributed by atoms with E-state index in [4.69, 9.17) is 9.47 Å². The second-order valence-corrected chi connectivity index (χ2v) is 10.0. The number of rotatable bonds is 6. The van der Waals surface area contributed by atoms with Gasteiger partial charge in [0.15, 0.2) is 5.17 Å². The van der Waals surface area contributed by atoms with Crippen molar-refractivity contribution in [1.29, 1.82) is 0 Å². The normalized spacial score (nSPS) is 15.5.